The number of thiophene rings is 1. The van der Waals surface area contributed by atoms with Gasteiger partial charge in [0.2, 0.25) is 0 Å². The van der Waals surface area contributed by atoms with Gasteiger partial charge >= 0.3 is 0 Å². The summed E-state index contributed by atoms with van der Waals surface area (Å²) in [5.74, 6) is 0.366. The van der Waals surface area contributed by atoms with E-state index in [0.29, 0.717) is 5.75 Å². The average Bonchev–Trinajstić information content (AvgIpc) is 2.96. The van der Waals surface area contributed by atoms with E-state index in [1.807, 2.05) is 18.2 Å². The lowest BCUT2D eigenvalue weighted by Crippen LogP contribution is -2.39. The maximum atomic E-state index is 10.2. The number of phenols is 1. The smallest absolute Gasteiger partial charge is 0.120 e. The molecule has 0 amide bonds. The van der Waals surface area contributed by atoms with E-state index in [0.717, 1.165) is 31.9 Å². The Morgan fingerprint density at radius 2 is 1.95 bits per heavy atom. The highest BCUT2D eigenvalue weighted by Crippen LogP contribution is 2.35. The minimum Gasteiger partial charge on any atom is -0.508 e. The number of ether oxygens (including phenoxy) is 1. The molecule has 19 heavy (non-hydrogen) atoms. The van der Waals surface area contributed by atoms with Gasteiger partial charge in [-0.3, -0.25) is 4.90 Å². The first kappa shape index (κ1) is 12.7. The summed E-state index contributed by atoms with van der Waals surface area (Å²) < 4.78 is 5.43. The van der Waals surface area contributed by atoms with Gasteiger partial charge in [-0.25, -0.2) is 0 Å². The lowest BCUT2D eigenvalue weighted by Gasteiger charge is -2.34. The number of rotatable bonds is 3. The molecule has 0 bridgehead atoms. The maximum absolute atomic E-state index is 10.2. The lowest BCUT2D eigenvalue weighted by atomic mass is 9.98. The van der Waals surface area contributed by atoms with Crippen LogP contribution in [0.15, 0.2) is 41.1 Å². The Labute approximate surface area is 117 Å². The number of phenolic OH excluding ortho intramolecular Hbond substituents is 1. The van der Waals surface area contributed by atoms with Crippen LogP contribution in [-0.4, -0.2) is 36.3 Å². The Hall–Kier alpha value is -1.36. The van der Waals surface area contributed by atoms with Gasteiger partial charge in [-0.05, 0) is 28.5 Å². The van der Waals surface area contributed by atoms with Crippen LogP contribution < -0.4 is 0 Å². The molecule has 0 aliphatic carbocycles. The predicted octanol–water partition coefficient (Wildman–Crippen LogP) is 2.88. The molecule has 1 aliphatic rings. The summed E-state index contributed by atoms with van der Waals surface area (Å²) >= 11 is 1.69. The predicted molar refractivity (Wildman–Crippen MR) is 76.7 cm³/mol. The molecule has 3 nitrogen and oxygen atoms in total. The first-order valence-electron chi connectivity index (χ1n) is 6.48. The quantitative estimate of drug-likeness (QED) is 0.935. The first-order valence-corrected chi connectivity index (χ1v) is 7.42. The fourth-order valence-electron chi connectivity index (χ4n) is 2.57. The van der Waals surface area contributed by atoms with Crippen LogP contribution in [0.4, 0.5) is 0 Å². The molecule has 2 aromatic rings. The maximum Gasteiger partial charge on any atom is 0.120 e. The van der Waals surface area contributed by atoms with Crippen molar-refractivity contribution in [3.05, 3.63) is 52.2 Å². The standard InChI is InChI=1S/C15H17NO2S/c17-14-4-2-1-3-13(14)15(12-5-10-19-11-12)16-6-8-18-9-7-16/h1-5,10-11,15,17H,6-9H2/t15-/m1/s1. The van der Waals surface area contributed by atoms with Crippen molar-refractivity contribution in [2.75, 3.05) is 26.3 Å². The SMILES string of the molecule is Oc1ccccc1[C@@H](c1ccsc1)N1CCOCC1. The monoisotopic (exact) mass is 275 g/mol. The zero-order chi connectivity index (χ0) is 13.1. The van der Waals surface area contributed by atoms with Crippen molar-refractivity contribution in [1.29, 1.82) is 0 Å². The largest absolute Gasteiger partial charge is 0.508 e. The van der Waals surface area contributed by atoms with Crippen molar-refractivity contribution >= 4 is 11.3 Å². The normalized spacial score (nSPS) is 18.3. The number of para-hydroxylation sites is 1. The minimum absolute atomic E-state index is 0.122. The fraction of sp³-hybridized carbons (Fsp3) is 0.333. The zero-order valence-corrected chi connectivity index (χ0v) is 11.5. The van der Waals surface area contributed by atoms with Crippen molar-refractivity contribution in [1.82, 2.24) is 4.90 Å². The molecule has 1 aromatic heterocycles. The van der Waals surface area contributed by atoms with E-state index in [-0.39, 0.29) is 6.04 Å². The van der Waals surface area contributed by atoms with Crippen molar-refractivity contribution in [3.63, 3.8) is 0 Å². The second-order valence-electron chi connectivity index (χ2n) is 4.67. The summed E-state index contributed by atoms with van der Waals surface area (Å²) in [6.45, 7) is 3.31. The summed E-state index contributed by atoms with van der Waals surface area (Å²) in [5, 5.41) is 14.4. The van der Waals surface area contributed by atoms with Gasteiger partial charge in [0.15, 0.2) is 0 Å². The van der Waals surface area contributed by atoms with Gasteiger partial charge in [-0.1, -0.05) is 18.2 Å². The molecule has 0 spiro atoms. The third kappa shape index (κ3) is 2.66. The molecular weight excluding hydrogens is 258 g/mol. The van der Waals surface area contributed by atoms with Gasteiger partial charge in [0.25, 0.3) is 0 Å². The summed E-state index contributed by atoms with van der Waals surface area (Å²) in [6.07, 6.45) is 0. The van der Waals surface area contributed by atoms with Crippen LogP contribution in [0.2, 0.25) is 0 Å². The molecule has 4 heteroatoms. The van der Waals surface area contributed by atoms with Crippen LogP contribution in [0.3, 0.4) is 0 Å². The van der Waals surface area contributed by atoms with Crippen LogP contribution in [0.25, 0.3) is 0 Å². The third-order valence-corrected chi connectivity index (χ3v) is 4.20. The molecule has 100 valence electrons. The number of aromatic hydroxyl groups is 1. The van der Waals surface area contributed by atoms with E-state index < -0.39 is 0 Å². The molecule has 1 atom stereocenters. The van der Waals surface area contributed by atoms with Gasteiger partial charge in [-0.2, -0.15) is 11.3 Å². The van der Waals surface area contributed by atoms with Crippen LogP contribution >= 0.6 is 11.3 Å². The van der Waals surface area contributed by atoms with Gasteiger partial charge in [0, 0.05) is 18.7 Å². The fourth-order valence-corrected chi connectivity index (χ4v) is 3.25. The van der Waals surface area contributed by atoms with Crippen molar-refractivity contribution < 1.29 is 9.84 Å². The molecule has 1 aromatic carbocycles. The van der Waals surface area contributed by atoms with E-state index in [4.69, 9.17) is 4.74 Å². The molecule has 0 radical (unpaired) electrons. The van der Waals surface area contributed by atoms with Gasteiger partial charge in [-0.15, -0.1) is 0 Å². The van der Waals surface area contributed by atoms with Crippen LogP contribution in [0.5, 0.6) is 5.75 Å². The number of nitrogens with zero attached hydrogens (tertiary/aromatic N) is 1. The van der Waals surface area contributed by atoms with Crippen molar-refractivity contribution in [2.45, 2.75) is 6.04 Å². The van der Waals surface area contributed by atoms with E-state index in [9.17, 15) is 5.11 Å². The van der Waals surface area contributed by atoms with Crippen LogP contribution in [-0.2, 0) is 4.74 Å². The highest BCUT2D eigenvalue weighted by molar-refractivity contribution is 7.08. The summed E-state index contributed by atoms with van der Waals surface area (Å²) in [7, 11) is 0. The number of hydrogen-bond acceptors (Lipinski definition) is 4. The highest BCUT2D eigenvalue weighted by atomic mass is 32.1. The molecule has 1 fully saturated rings. The molecule has 2 heterocycles. The van der Waals surface area contributed by atoms with Crippen molar-refractivity contribution in [3.8, 4) is 5.75 Å². The van der Waals surface area contributed by atoms with Gasteiger partial charge < -0.3 is 9.84 Å². The van der Waals surface area contributed by atoms with Crippen molar-refractivity contribution in [2.24, 2.45) is 0 Å². The number of benzene rings is 1. The van der Waals surface area contributed by atoms with E-state index in [2.05, 4.69) is 21.7 Å². The summed E-state index contributed by atoms with van der Waals surface area (Å²) in [6, 6.07) is 9.87. The average molecular weight is 275 g/mol. The van der Waals surface area contributed by atoms with Crippen LogP contribution in [0.1, 0.15) is 17.2 Å². The highest BCUT2D eigenvalue weighted by Gasteiger charge is 2.26. The van der Waals surface area contributed by atoms with E-state index >= 15 is 0 Å². The van der Waals surface area contributed by atoms with E-state index in [1.54, 1.807) is 17.4 Å². The second kappa shape index (κ2) is 5.74. The molecule has 1 aliphatic heterocycles. The molecule has 1 saturated heterocycles. The third-order valence-electron chi connectivity index (χ3n) is 3.50. The van der Waals surface area contributed by atoms with E-state index in [1.165, 1.54) is 5.56 Å². The lowest BCUT2D eigenvalue weighted by molar-refractivity contribution is 0.0236. The number of hydrogen-bond donors (Lipinski definition) is 1. The Balaban J connectivity index is 1.99. The minimum atomic E-state index is 0.122. The topological polar surface area (TPSA) is 32.7 Å². The second-order valence-corrected chi connectivity index (χ2v) is 5.45. The molecule has 3 rings (SSSR count). The van der Waals surface area contributed by atoms with Crippen LogP contribution in [0, 0.1) is 0 Å². The Bertz CT molecular complexity index is 521. The molecule has 0 unspecified atom stereocenters. The Morgan fingerprint density at radius 3 is 2.63 bits per heavy atom. The van der Waals surface area contributed by atoms with Gasteiger partial charge in [0.1, 0.15) is 5.75 Å². The number of morpholine rings is 1. The van der Waals surface area contributed by atoms with Gasteiger partial charge in [0.05, 0.1) is 19.3 Å². The molecular formula is C15H17NO2S. The summed E-state index contributed by atoms with van der Waals surface area (Å²) in [5.41, 5.74) is 2.22. The summed E-state index contributed by atoms with van der Waals surface area (Å²) in [4.78, 5) is 2.38. The Morgan fingerprint density at radius 1 is 1.16 bits per heavy atom. The molecule has 1 N–H and O–H groups in total. The zero-order valence-electron chi connectivity index (χ0n) is 10.7. The first-order chi connectivity index (χ1) is 9.36. The molecule has 0 saturated carbocycles. The Kier molecular flexibility index (Phi) is 3.82.